The summed E-state index contributed by atoms with van der Waals surface area (Å²) in [5, 5.41) is 7.86. The third-order valence-corrected chi connectivity index (χ3v) is 6.17. The summed E-state index contributed by atoms with van der Waals surface area (Å²) in [7, 11) is 1.94. The molecule has 2 amide bonds. The molecule has 0 saturated carbocycles. The van der Waals surface area contributed by atoms with Gasteiger partial charge >= 0.3 is 0 Å². The summed E-state index contributed by atoms with van der Waals surface area (Å²) in [5.41, 5.74) is 2.91. The van der Waals surface area contributed by atoms with Gasteiger partial charge in [-0.15, -0.1) is 11.3 Å². The van der Waals surface area contributed by atoms with Crippen molar-refractivity contribution in [2.75, 3.05) is 11.9 Å². The van der Waals surface area contributed by atoms with Gasteiger partial charge in [0.15, 0.2) is 5.13 Å². The van der Waals surface area contributed by atoms with Crippen LogP contribution in [0.5, 0.6) is 0 Å². The molecular weight excluding hydrogens is 350 g/mol. The molecule has 2 aromatic rings. The zero-order valence-electron chi connectivity index (χ0n) is 15.5. The average molecular weight is 373 g/mol. The van der Waals surface area contributed by atoms with E-state index in [-0.39, 0.29) is 29.7 Å². The lowest BCUT2D eigenvalue weighted by molar-refractivity contribution is -0.131. The number of aryl methyl sites for hydroxylation is 2. The molecule has 138 valence electrons. The second-order valence-corrected chi connectivity index (χ2v) is 9.07. The number of nitrogens with one attached hydrogen (secondary N) is 1. The van der Waals surface area contributed by atoms with Gasteiger partial charge in [-0.05, 0) is 33.6 Å². The van der Waals surface area contributed by atoms with Crippen LogP contribution in [0.4, 0.5) is 5.13 Å². The van der Waals surface area contributed by atoms with Crippen molar-refractivity contribution in [1.29, 1.82) is 0 Å². The molecule has 0 aromatic carbocycles. The molecule has 1 aliphatic carbocycles. The smallest absolute Gasteiger partial charge is 0.231 e. The summed E-state index contributed by atoms with van der Waals surface area (Å²) in [6, 6.07) is 0. The highest BCUT2D eigenvalue weighted by Gasteiger charge is 2.39. The van der Waals surface area contributed by atoms with Crippen LogP contribution >= 0.6 is 11.3 Å². The third-order valence-electron chi connectivity index (χ3n) is 5.14. The van der Waals surface area contributed by atoms with Crippen LogP contribution in [0, 0.1) is 5.92 Å². The Balaban J connectivity index is 1.50. The van der Waals surface area contributed by atoms with Gasteiger partial charge < -0.3 is 10.2 Å². The molecule has 7 nitrogen and oxygen atoms in total. The largest absolute Gasteiger partial charge is 0.337 e. The van der Waals surface area contributed by atoms with E-state index in [0.29, 0.717) is 11.7 Å². The first-order valence-corrected chi connectivity index (χ1v) is 9.68. The number of amides is 2. The molecule has 26 heavy (non-hydrogen) atoms. The normalized spacial score (nSPS) is 19.5. The highest BCUT2D eigenvalue weighted by atomic mass is 32.1. The summed E-state index contributed by atoms with van der Waals surface area (Å²) < 4.78 is 1.89. The number of hydrogen-bond acceptors (Lipinski definition) is 5. The first kappa shape index (κ1) is 17.2. The number of carbonyl (C=O) groups excluding carboxylic acids is 2. The second kappa shape index (κ2) is 5.90. The van der Waals surface area contributed by atoms with Crippen molar-refractivity contribution in [2.24, 2.45) is 13.0 Å². The predicted molar refractivity (Wildman–Crippen MR) is 99.9 cm³/mol. The molecule has 1 saturated heterocycles. The number of aromatic nitrogens is 3. The van der Waals surface area contributed by atoms with Crippen LogP contribution < -0.4 is 5.32 Å². The molecule has 8 heteroatoms. The Morgan fingerprint density at radius 1 is 1.35 bits per heavy atom. The number of rotatable bonds is 2. The van der Waals surface area contributed by atoms with Crippen LogP contribution in [-0.2, 0) is 29.5 Å². The molecule has 0 bridgehead atoms. The van der Waals surface area contributed by atoms with Crippen LogP contribution in [0.3, 0.4) is 0 Å². The quantitative estimate of drug-likeness (QED) is 0.875. The van der Waals surface area contributed by atoms with Gasteiger partial charge in [-0.3, -0.25) is 14.3 Å². The molecule has 2 aromatic heterocycles. The maximum atomic E-state index is 12.7. The van der Waals surface area contributed by atoms with Crippen molar-refractivity contribution in [1.82, 2.24) is 19.7 Å². The van der Waals surface area contributed by atoms with E-state index in [4.69, 9.17) is 0 Å². The highest BCUT2D eigenvalue weighted by Crippen LogP contribution is 2.38. The SMILES string of the molecule is Cn1ncc2c1CCc1sc(NC(=O)C3CC(=O)N(C(C)(C)C)C3)nc1-2. The van der Waals surface area contributed by atoms with Crippen molar-refractivity contribution in [3.63, 3.8) is 0 Å². The lowest BCUT2D eigenvalue weighted by Gasteiger charge is -2.31. The van der Waals surface area contributed by atoms with Crippen LogP contribution in [0.1, 0.15) is 37.8 Å². The maximum Gasteiger partial charge on any atom is 0.231 e. The summed E-state index contributed by atoms with van der Waals surface area (Å²) >= 11 is 1.52. The molecule has 1 fully saturated rings. The van der Waals surface area contributed by atoms with Gasteiger partial charge in [0.25, 0.3) is 0 Å². The summed E-state index contributed by atoms with van der Waals surface area (Å²) in [6.45, 7) is 6.44. The van der Waals surface area contributed by atoms with E-state index in [2.05, 4.69) is 15.4 Å². The fourth-order valence-electron chi connectivity index (χ4n) is 3.71. The molecular formula is C18H23N5O2S. The summed E-state index contributed by atoms with van der Waals surface area (Å²) in [5.74, 6) is -0.407. The molecule has 2 aliphatic rings. The first-order chi connectivity index (χ1) is 12.2. The van der Waals surface area contributed by atoms with E-state index in [1.165, 1.54) is 21.9 Å². The Morgan fingerprint density at radius 3 is 2.81 bits per heavy atom. The number of thiazole rings is 1. The van der Waals surface area contributed by atoms with Gasteiger partial charge in [0.2, 0.25) is 11.8 Å². The second-order valence-electron chi connectivity index (χ2n) is 7.98. The minimum absolute atomic E-state index is 0.0380. The first-order valence-electron chi connectivity index (χ1n) is 8.86. The van der Waals surface area contributed by atoms with Gasteiger partial charge in [-0.2, -0.15) is 5.10 Å². The third kappa shape index (κ3) is 2.82. The monoisotopic (exact) mass is 373 g/mol. The minimum atomic E-state index is -0.323. The fourth-order valence-corrected chi connectivity index (χ4v) is 4.69. The molecule has 1 atom stereocenters. The van der Waals surface area contributed by atoms with E-state index >= 15 is 0 Å². The van der Waals surface area contributed by atoms with Crippen LogP contribution in [0.25, 0.3) is 11.3 Å². The van der Waals surface area contributed by atoms with Gasteiger partial charge in [-0.1, -0.05) is 0 Å². The Hall–Kier alpha value is -2.22. The number of hydrogen-bond donors (Lipinski definition) is 1. The van der Waals surface area contributed by atoms with Gasteiger partial charge in [0.05, 0.1) is 17.8 Å². The Morgan fingerprint density at radius 2 is 2.12 bits per heavy atom. The average Bonchev–Trinajstić information content (AvgIpc) is 3.23. The topological polar surface area (TPSA) is 80.1 Å². The van der Waals surface area contributed by atoms with Crippen molar-refractivity contribution in [2.45, 2.75) is 45.6 Å². The summed E-state index contributed by atoms with van der Waals surface area (Å²) in [4.78, 5) is 32.5. The van der Waals surface area contributed by atoms with Crippen molar-refractivity contribution in [3.8, 4) is 11.3 Å². The zero-order valence-corrected chi connectivity index (χ0v) is 16.3. The molecule has 4 rings (SSSR count). The molecule has 0 spiro atoms. The molecule has 1 aliphatic heterocycles. The Kier molecular flexibility index (Phi) is 3.91. The number of likely N-dealkylation sites (tertiary alicyclic amines) is 1. The molecule has 3 heterocycles. The predicted octanol–water partition coefficient (Wildman–Crippen LogP) is 2.23. The number of nitrogens with zero attached hydrogens (tertiary/aromatic N) is 4. The Labute approximate surface area is 156 Å². The molecule has 1 N–H and O–H groups in total. The fraction of sp³-hybridized carbons (Fsp3) is 0.556. The van der Waals surface area contributed by atoms with E-state index in [9.17, 15) is 9.59 Å². The van der Waals surface area contributed by atoms with Crippen LogP contribution in [-0.4, -0.2) is 43.6 Å². The van der Waals surface area contributed by atoms with Crippen LogP contribution in [0.15, 0.2) is 6.20 Å². The number of carbonyl (C=O) groups is 2. The highest BCUT2D eigenvalue weighted by molar-refractivity contribution is 7.16. The number of anilines is 1. The lowest BCUT2D eigenvalue weighted by atomic mass is 10.0. The van der Waals surface area contributed by atoms with E-state index in [1.807, 2.05) is 38.7 Å². The standard InChI is InChI=1S/C18H23N5O2S/c1-18(2,3)23-9-10(7-14(23)24)16(25)21-17-20-15-11-8-19-22(4)12(11)5-6-13(15)26-17/h8,10H,5-7,9H2,1-4H3,(H,20,21,25). The van der Waals surface area contributed by atoms with Gasteiger partial charge in [-0.25, -0.2) is 4.98 Å². The maximum absolute atomic E-state index is 12.7. The minimum Gasteiger partial charge on any atom is -0.337 e. The van der Waals surface area contributed by atoms with Crippen molar-refractivity contribution >= 4 is 28.3 Å². The zero-order chi connectivity index (χ0) is 18.6. The molecule has 0 radical (unpaired) electrons. The van der Waals surface area contributed by atoms with E-state index in [1.54, 1.807) is 4.90 Å². The lowest BCUT2D eigenvalue weighted by Crippen LogP contribution is -2.42. The molecule has 1 unspecified atom stereocenters. The van der Waals surface area contributed by atoms with E-state index in [0.717, 1.165) is 24.1 Å². The van der Waals surface area contributed by atoms with Gasteiger partial charge in [0, 0.05) is 41.7 Å². The number of fused-ring (bicyclic) bond motifs is 3. The van der Waals surface area contributed by atoms with Crippen molar-refractivity contribution < 1.29 is 9.59 Å². The van der Waals surface area contributed by atoms with Gasteiger partial charge in [0.1, 0.15) is 0 Å². The summed E-state index contributed by atoms with van der Waals surface area (Å²) in [6.07, 6.45) is 3.96. The Bertz CT molecular complexity index is 892. The van der Waals surface area contributed by atoms with E-state index < -0.39 is 0 Å². The van der Waals surface area contributed by atoms with Crippen LogP contribution in [0.2, 0.25) is 0 Å². The van der Waals surface area contributed by atoms with Crippen molar-refractivity contribution in [3.05, 3.63) is 16.8 Å².